The molecule has 0 bridgehead atoms. The highest BCUT2D eigenvalue weighted by Gasteiger charge is 2.14. The fourth-order valence-corrected chi connectivity index (χ4v) is 3.64. The number of aromatic nitrogens is 6. The molecule has 8 nitrogen and oxygen atoms in total. The van der Waals surface area contributed by atoms with Gasteiger partial charge in [-0.15, -0.1) is 5.10 Å². The van der Waals surface area contributed by atoms with Crippen molar-refractivity contribution >= 4 is 23.5 Å². The van der Waals surface area contributed by atoms with Crippen molar-refractivity contribution in [3.05, 3.63) is 71.4 Å². The molecule has 4 aromatic rings. The standard InChI is InChI=1S/C21H21N7OS/c1-14-9-10-18(11-15(14)2)28-21(23-25-26-28)30-13-20(29)22-19-12-16(3)24-27(19)17-7-5-4-6-8-17/h4-12H,13H2,1-3H3,(H,22,29). The van der Waals surface area contributed by atoms with Crippen molar-refractivity contribution in [2.24, 2.45) is 0 Å². The predicted molar refractivity (Wildman–Crippen MR) is 116 cm³/mol. The van der Waals surface area contributed by atoms with Crippen LogP contribution in [-0.2, 0) is 4.79 Å². The largest absolute Gasteiger partial charge is 0.310 e. The van der Waals surface area contributed by atoms with Crippen LogP contribution < -0.4 is 5.32 Å². The molecule has 0 aliphatic carbocycles. The van der Waals surface area contributed by atoms with Crippen LogP contribution in [0.3, 0.4) is 0 Å². The van der Waals surface area contributed by atoms with Crippen LogP contribution in [-0.4, -0.2) is 41.6 Å². The summed E-state index contributed by atoms with van der Waals surface area (Å²) in [6.45, 7) is 5.99. The fraction of sp³-hybridized carbons (Fsp3) is 0.190. The van der Waals surface area contributed by atoms with Gasteiger partial charge in [-0.1, -0.05) is 36.0 Å². The number of hydrogen-bond donors (Lipinski definition) is 1. The molecule has 2 aromatic heterocycles. The van der Waals surface area contributed by atoms with Crippen molar-refractivity contribution in [2.75, 3.05) is 11.1 Å². The van der Waals surface area contributed by atoms with Gasteiger partial charge in [0.25, 0.3) is 0 Å². The molecule has 0 aliphatic heterocycles. The summed E-state index contributed by atoms with van der Waals surface area (Å²) >= 11 is 1.28. The quantitative estimate of drug-likeness (QED) is 0.481. The monoisotopic (exact) mass is 419 g/mol. The average Bonchev–Trinajstić information content (AvgIpc) is 3.35. The van der Waals surface area contributed by atoms with Gasteiger partial charge in [0.05, 0.1) is 22.8 Å². The first-order valence-corrected chi connectivity index (χ1v) is 10.4. The van der Waals surface area contributed by atoms with E-state index in [1.165, 1.54) is 17.3 Å². The Labute approximate surface area is 178 Å². The highest BCUT2D eigenvalue weighted by molar-refractivity contribution is 7.99. The van der Waals surface area contributed by atoms with Gasteiger partial charge in [0.2, 0.25) is 11.1 Å². The Morgan fingerprint density at radius 2 is 1.77 bits per heavy atom. The van der Waals surface area contributed by atoms with E-state index in [-0.39, 0.29) is 11.7 Å². The summed E-state index contributed by atoms with van der Waals surface area (Å²) in [7, 11) is 0. The Bertz CT molecular complexity index is 1180. The van der Waals surface area contributed by atoms with Crippen molar-refractivity contribution in [1.82, 2.24) is 30.0 Å². The molecule has 30 heavy (non-hydrogen) atoms. The molecule has 0 radical (unpaired) electrons. The Balaban J connectivity index is 1.46. The molecule has 1 N–H and O–H groups in total. The number of nitrogens with one attached hydrogen (secondary N) is 1. The maximum absolute atomic E-state index is 12.6. The van der Waals surface area contributed by atoms with E-state index in [9.17, 15) is 4.79 Å². The third-order valence-electron chi connectivity index (χ3n) is 4.61. The molecular formula is C21H21N7OS. The van der Waals surface area contributed by atoms with Crippen molar-refractivity contribution in [3.8, 4) is 11.4 Å². The second kappa shape index (κ2) is 8.50. The lowest BCUT2D eigenvalue weighted by atomic mass is 10.1. The number of benzene rings is 2. The van der Waals surface area contributed by atoms with Gasteiger partial charge in [-0.3, -0.25) is 4.79 Å². The third kappa shape index (κ3) is 4.25. The second-order valence-electron chi connectivity index (χ2n) is 6.90. The number of hydrogen-bond acceptors (Lipinski definition) is 6. The Morgan fingerprint density at radius 1 is 0.967 bits per heavy atom. The van der Waals surface area contributed by atoms with Crippen molar-refractivity contribution in [2.45, 2.75) is 25.9 Å². The van der Waals surface area contributed by atoms with Crippen LogP contribution in [0.1, 0.15) is 16.8 Å². The van der Waals surface area contributed by atoms with E-state index in [1.54, 1.807) is 9.36 Å². The molecular weight excluding hydrogens is 398 g/mol. The minimum absolute atomic E-state index is 0.160. The number of nitrogens with zero attached hydrogens (tertiary/aromatic N) is 6. The lowest BCUT2D eigenvalue weighted by Crippen LogP contribution is -2.17. The molecule has 152 valence electrons. The zero-order chi connectivity index (χ0) is 21.1. The van der Waals surface area contributed by atoms with E-state index in [2.05, 4.69) is 32.9 Å². The van der Waals surface area contributed by atoms with E-state index in [4.69, 9.17) is 0 Å². The Morgan fingerprint density at radius 3 is 2.53 bits per heavy atom. The second-order valence-corrected chi connectivity index (χ2v) is 7.84. The maximum atomic E-state index is 12.6. The normalized spacial score (nSPS) is 10.9. The van der Waals surface area contributed by atoms with Crippen molar-refractivity contribution in [1.29, 1.82) is 0 Å². The van der Waals surface area contributed by atoms with Crippen LogP contribution in [0.15, 0.2) is 59.8 Å². The van der Waals surface area contributed by atoms with Crippen LogP contribution in [0.5, 0.6) is 0 Å². The summed E-state index contributed by atoms with van der Waals surface area (Å²) in [5.41, 5.74) is 4.92. The highest BCUT2D eigenvalue weighted by Crippen LogP contribution is 2.21. The number of carbonyl (C=O) groups is 1. The third-order valence-corrected chi connectivity index (χ3v) is 5.53. The van der Waals surface area contributed by atoms with Crippen LogP contribution >= 0.6 is 11.8 Å². The van der Waals surface area contributed by atoms with E-state index in [1.807, 2.05) is 68.4 Å². The van der Waals surface area contributed by atoms with E-state index in [0.717, 1.165) is 22.6 Å². The Kier molecular flexibility index (Phi) is 5.62. The summed E-state index contributed by atoms with van der Waals surface area (Å²) < 4.78 is 3.36. The zero-order valence-electron chi connectivity index (χ0n) is 16.9. The number of anilines is 1. The molecule has 9 heteroatoms. The summed E-state index contributed by atoms with van der Waals surface area (Å²) in [6.07, 6.45) is 0. The minimum Gasteiger partial charge on any atom is -0.310 e. The van der Waals surface area contributed by atoms with Gasteiger partial charge < -0.3 is 5.32 Å². The summed E-state index contributed by atoms with van der Waals surface area (Å²) in [5, 5.41) is 19.9. The number of aryl methyl sites for hydroxylation is 3. The van der Waals surface area contributed by atoms with Crippen LogP contribution in [0.25, 0.3) is 11.4 Å². The molecule has 0 saturated carbocycles. The number of rotatable bonds is 6. The van der Waals surface area contributed by atoms with Gasteiger partial charge in [0.15, 0.2) is 0 Å². The van der Waals surface area contributed by atoms with Gasteiger partial charge in [0.1, 0.15) is 5.82 Å². The van der Waals surface area contributed by atoms with Gasteiger partial charge in [-0.25, -0.2) is 4.68 Å². The van der Waals surface area contributed by atoms with Crippen LogP contribution in [0.4, 0.5) is 5.82 Å². The lowest BCUT2D eigenvalue weighted by molar-refractivity contribution is -0.113. The molecule has 1 amide bonds. The Hall–Kier alpha value is -3.46. The number of amides is 1. The topological polar surface area (TPSA) is 90.5 Å². The summed E-state index contributed by atoms with van der Waals surface area (Å²) in [6, 6.07) is 17.5. The van der Waals surface area contributed by atoms with Crippen LogP contribution in [0.2, 0.25) is 0 Å². The summed E-state index contributed by atoms with van der Waals surface area (Å²) in [5.74, 6) is 0.634. The van der Waals surface area contributed by atoms with Gasteiger partial charge >= 0.3 is 0 Å². The minimum atomic E-state index is -0.160. The van der Waals surface area contributed by atoms with Crippen molar-refractivity contribution < 1.29 is 4.79 Å². The van der Waals surface area contributed by atoms with E-state index < -0.39 is 0 Å². The summed E-state index contributed by atoms with van der Waals surface area (Å²) in [4.78, 5) is 12.6. The molecule has 0 spiro atoms. The molecule has 0 fully saturated rings. The molecule has 0 atom stereocenters. The molecule has 2 aromatic carbocycles. The highest BCUT2D eigenvalue weighted by atomic mass is 32.2. The fourth-order valence-electron chi connectivity index (χ4n) is 2.95. The number of tetrazole rings is 1. The maximum Gasteiger partial charge on any atom is 0.236 e. The molecule has 0 saturated heterocycles. The smallest absolute Gasteiger partial charge is 0.236 e. The first-order valence-electron chi connectivity index (χ1n) is 9.42. The van der Waals surface area contributed by atoms with E-state index >= 15 is 0 Å². The van der Waals surface area contributed by atoms with Crippen molar-refractivity contribution in [3.63, 3.8) is 0 Å². The number of carbonyl (C=O) groups excluding carboxylic acids is 1. The zero-order valence-corrected chi connectivity index (χ0v) is 17.7. The SMILES string of the molecule is Cc1cc(NC(=O)CSc2nnnn2-c2ccc(C)c(C)c2)n(-c2ccccc2)n1. The molecule has 2 heterocycles. The molecule has 4 rings (SSSR count). The number of thioether (sulfide) groups is 1. The molecule has 0 unspecified atom stereocenters. The predicted octanol–water partition coefficient (Wildman–Crippen LogP) is 3.50. The lowest BCUT2D eigenvalue weighted by Gasteiger charge is -2.09. The van der Waals surface area contributed by atoms with E-state index in [0.29, 0.717) is 11.0 Å². The van der Waals surface area contributed by atoms with Gasteiger partial charge in [0, 0.05) is 6.07 Å². The molecule has 0 aliphatic rings. The van der Waals surface area contributed by atoms with Gasteiger partial charge in [-0.2, -0.15) is 9.78 Å². The van der Waals surface area contributed by atoms with Gasteiger partial charge in [-0.05, 0) is 66.6 Å². The first kappa shape index (κ1) is 19.8. The number of para-hydroxylation sites is 1. The van der Waals surface area contributed by atoms with Crippen LogP contribution in [0, 0.1) is 20.8 Å². The average molecular weight is 420 g/mol. The first-order chi connectivity index (χ1) is 14.5.